The molecule has 0 radical (unpaired) electrons. The zero-order valence-corrected chi connectivity index (χ0v) is 10.6. The van der Waals surface area contributed by atoms with Gasteiger partial charge in [-0.1, -0.05) is 0 Å². The van der Waals surface area contributed by atoms with Crippen LogP contribution in [0.3, 0.4) is 0 Å². The van der Waals surface area contributed by atoms with Gasteiger partial charge in [-0.2, -0.15) is 0 Å². The normalized spacial score (nSPS) is 17.2. The Morgan fingerprint density at radius 2 is 1.76 bits per heavy atom. The van der Waals surface area contributed by atoms with Crippen molar-refractivity contribution in [3.63, 3.8) is 0 Å². The number of imide groups is 1. The molecule has 0 aliphatic carbocycles. The number of carbonyl (C=O) groups excluding carboxylic acids is 3. The van der Waals surface area contributed by atoms with E-state index in [1.807, 2.05) is 0 Å². The van der Waals surface area contributed by atoms with E-state index >= 15 is 0 Å². The van der Waals surface area contributed by atoms with Crippen molar-refractivity contribution in [1.82, 2.24) is 4.90 Å². The van der Waals surface area contributed by atoms with Crippen molar-refractivity contribution < 1.29 is 19.1 Å². The quantitative estimate of drug-likeness (QED) is 0.551. The number of ether oxygens (including phenoxy) is 1. The molecule has 5 heteroatoms. The summed E-state index contributed by atoms with van der Waals surface area (Å²) in [6, 6.07) is 0. The summed E-state index contributed by atoms with van der Waals surface area (Å²) < 4.78 is 5.11. The summed E-state index contributed by atoms with van der Waals surface area (Å²) in [6.45, 7) is 5.47. The number of esters is 1. The molecule has 5 nitrogen and oxygen atoms in total. The molecule has 17 heavy (non-hydrogen) atoms. The van der Waals surface area contributed by atoms with E-state index in [0.29, 0.717) is 19.3 Å². The third-order valence-corrected chi connectivity index (χ3v) is 2.34. The number of hydrogen-bond donors (Lipinski definition) is 0. The van der Waals surface area contributed by atoms with Crippen molar-refractivity contribution in [3.05, 3.63) is 0 Å². The van der Waals surface area contributed by atoms with Crippen LogP contribution in [0.5, 0.6) is 0 Å². The highest BCUT2D eigenvalue weighted by Gasteiger charge is 2.26. The van der Waals surface area contributed by atoms with E-state index in [9.17, 15) is 14.4 Å². The summed E-state index contributed by atoms with van der Waals surface area (Å²) in [5.41, 5.74) is -0.535. The molecule has 1 aliphatic heterocycles. The van der Waals surface area contributed by atoms with Gasteiger partial charge in [0, 0.05) is 19.4 Å². The van der Waals surface area contributed by atoms with Gasteiger partial charge in [0.15, 0.2) is 0 Å². The molecule has 0 atom stereocenters. The van der Waals surface area contributed by atoms with E-state index in [0.717, 1.165) is 4.90 Å². The molecule has 0 aromatic rings. The standard InChI is InChI=1S/C12H19NO4/c1-12(2,3)17-11(16)7-8-13-9(14)5-4-6-10(13)15/h4-8H2,1-3H3. The van der Waals surface area contributed by atoms with Crippen LogP contribution in [0.15, 0.2) is 0 Å². The first-order valence-electron chi connectivity index (χ1n) is 5.84. The smallest absolute Gasteiger partial charge is 0.308 e. The Morgan fingerprint density at radius 3 is 2.24 bits per heavy atom. The van der Waals surface area contributed by atoms with E-state index in [2.05, 4.69) is 0 Å². The summed E-state index contributed by atoms with van der Waals surface area (Å²) in [5, 5.41) is 0. The van der Waals surface area contributed by atoms with E-state index in [1.54, 1.807) is 20.8 Å². The Labute approximate surface area is 101 Å². The molecule has 0 bridgehead atoms. The minimum atomic E-state index is -0.535. The molecule has 1 heterocycles. The first-order valence-corrected chi connectivity index (χ1v) is 5.84. The average Bonchev–Trinajstić information content (AvgIpc) is 2.14. The lowest BCUT2D eigenvalue weighted by Crippen LogP contribution is -2.41. The molecule has 0 unspecified atom stereocenters. The van der Waals surface area contributed by atoms with Gasteiger partial charge in [-0.05, 0) is 27.2 Å². The molecule has 0 saturated carbocycles. The van der Waals surface area contributed by atoms with Crippen molar-refractivity contribution in [3.8, 4) is 0 Å². The SMILES string of the molecule is CC(C)(C)OC(=O)CCN1C(=O)CCCC1=O. The van der Waals surface area contributed by atoms with Crippen molar-refractivity contribution in [2.75, 3.05) is 6.54 Å². The maximum absolute atomic E-state index is 11.5. The zero-order valence-electron chi connectivity index (χ0n) is 10.6. The van der Waals surface area contributed by atoms with Gasteiger partial charge in [-0.25, -0.2) is 0 Å². The van der Waals surface area contributed by atoms with Gasteiger partial charge in [0.1, 0.15) is 5.60 Å². The highest BCUT2D eigenvalue weighted by molar-refractivity contribution is 5.97. The van der Waals surface area contributed by atoms with Crippen molar-refractivity contribution in [2.45, 2.75) is 52.1 Å². The second-order valence-corrected chi connectivity index (χ2v) is 5.13. The lowest BCUT2D eigenvalue weighted by atomic mass is 10.1. The Balaban J connectivity index is 2.41. The lowest BCUT2D eigenvalue weighted by molar-refractivity contribution is -0.156. The minimum absolute atomic E-state index is 0.0642. The van der Waals surface area contributed by atoms with Gasteiger partial charge in [0.25, 0.3) is 0 Å². The fourth-order valence-corrected chi connectivity index (χ4v) is 1.64. The van der Waals surface area contributed by atoms with Crippen molar-refractivity contribution >= 4 is 17.8 Å². The third kappa shape index (κ3) is 4.54. The number of piperidine rings is 1. The largest absolute Gasteiger partial charge is 0.460 e. The molecule has 0 aromatic carbocycles. The van der Waals surface area contributed by atoms with Crippen molar-refractivity contribution in [1.29, 1.82) is 0 Å². The van der Waals surface area contributed by atoms with Crippen LogP contribution in [0.4, 0.5) is 0 Å². The maximum Gasteiger partial charge on any atom is 0.308 e. The summed E-state index contributed by atoms with van der Waals surface area (Å²) in [6.07, 6.45) is 1.45. The molecule has 1 aliphatic rings. The summed E-state index contributed by atoms with van der Waals surface area (Å²) >= 11 is 0. The van der Waals surface area contributed by atoms with Gasteiger partial charge < -0.3 is 4.74 Å². The first-order chi connectivity index (χ1) is 7.79. The van der Waals surface area contributed by atoms with Gasteiger partial charge >= 0.3 is 5.97 Å². The molecule has 96 valence electrons. The summed E-state index contributed by atoms with van der Waals surface area (Å²) in [7, 11) is 0. The molecule has 0 spiro atoms. The average molecular weight is 241 g/mol. The van der Waals surface area contributed by atoms with Crippen LogP contribution in [0.25, 0.3) is 0 Å². The number of nitrogens with zero attached hydrogens (tertiary/aromatic N) is 1. The number of hydrogen-bond acceptors (Lipinski definition) is 4. The predicted molar refractivity (Wildman–Crippen MR) is 61.0 cm³/mol. The van der Waals surface area contributed by atoms with Gasteiger partial charge in [0.05, 0.1) is 6.42 Å². The summed E-state index contributed by atoms with van der Waals surface area (Å²) in [5.74, 6) is -0.765. The van der Waals surface area contributed by atoms with Gasteiger partial charge in [-0.3, -0.25) is 19.3 Å². The molecule has 1 saturated heterocycles. The predicted octanol–water partition coefficient (Wildman–Crippen LogP) is 1.26. The fourth-order valence-electron chi connectivity index (χ4n) is 1.64. The van der Waals surface area contributed by atoms with Gasteiger partial charge in [-0.15, -0.1) is 0 Å². The number of likely N-dealkylation sites (tertiary alicyclic amines) is 1. The van der Waals surface area contributed by atoms with Crippen LogP contribution in [-0.4, -0.2) is 34.8 Å². The number of rotatable bonds is 3. The molecule has 0 aromatic heterocycles. The molecule has 0 N–H and O–H groups in total. The van der Waals surface area contributed by atoms with Crippen LogP contribution < -0.4 is 0 Å². The Bertz CT molecular complexity index is 314. The van der Waals surface area contributed by atoms with Crippen LogP contribution in [-0.2, 0) is 19.1 Å². The van der Waals surface area contributed by atoms with Crippen LogP contribution in [0, 0.1) is 0 Å². The highest BCUT2D eigenvalue weighted by atomic mass is 16.6. The minimum Gasteiger partial charge on any atom is -0.460 e. The second kappa shape index (κ2) is 5.29. The van der Waals surface area contributed by atoms with Crippen molar-refractivity contribution in [2.24, 2.45) is 0 Å². The number of carbonyl (C=O) groups is 3. The van der Waals surface area contributed by atoms with Crippen LogP contribution in [0.1, 0.15) is 46.5 Å². The molecular weight excluding hydrogens is 222 g/mol. The summed E-state index contributed by atoms with van der Waals surface area (Å²) in [4.78, 5) is 35.5. The Morgan fingerprint density at radius 1 is 1.24 bits per heavy atom. The topological polar surface area (TPSA) is 63.7 Å². The zero-order chi connectivity index (χ0) is 13.1. The monoisotopic (exact) mass is 241 g/mol. The fraction of sp³-hybridized carbons (Fsp3) is 0.750. The molecule has 1 rings (SSSR count). The Hall–Kier alpha value is -1.39. The lowest BCUT2D eigenvalue weighted by Gasteiger charge is -2.25. The second-order valence-electron chi connectivity index (χ2n) is 5.13. The molecule has 1 fully saturated rings. The van der Waals surface area contributed by atoms with E-state index in [4.69, 9.17) is 4.74 Å². The van der Waals surface area contributed by atoms with E-state index in [-0.39, 0.29) is 30.7 Å². The van der Waals surface area contributed by atoms with Gasteiger partial charge in [0.2, 0.25) is 11.8 Å². The Kier molecular flexibility index (Phi) is 4.26. The molecule has 2 amide bonds. The number of amides is 2. The highest BCUT2D eigenvalue weighted by Crippen LogP contribution is 2.13. The van der Waals surface area contributed by atoms with Crippen LogP contribution in [0.2, 0.25) is 0 Å². The third-order valence-electron chi connectivity index (χ3n) is 2.34. The van der Waals surface area contributed by atoms with E-state index in [1.165, 1.54) is 0 Å². The first kappa shape index (κ1) is 13.7. The van der Waals surface area contributed by atoms with Crippen LogP contribution >= 0.6 is 0 Å². The van der Waals surface area contributed by atoms with E-state index < -0.39 is 5.60 Å². The molecular formula is C12H19NO4. The maximum atomic E-state index is 11.5.